The van der Waals surface area contributed by atoms with Crippen molar-refractivity contribution in [1.29, 1.82) is 0 Å². The lowest BCUT2D eigenvalue weighted by atomic mass is 10.1. The van der Waals surface area contributed by atoms with Crippen LogP contribution in [-0.4, -0.2) is 41.3 Å². The third kappa shape index (κ3) is 5.12. The molecule has 1 unspecified atom stereocenters. The van der Waals surface area contributed by atoms with Gasteiger partial charge in [-0.3, -0.25) is 5.32 Å². The molecule has 1 N–H and O–H groups in total. The minimum absolute atomic E-state index is 0.169. The van der Waals surface area contributed by atoms with Gasteiger partial charge in [-0.15, -0.1) is 6.42 Å². The number of ether oxygens (including phenoxy) is 1. The molecule has 1 heterocycles. The molecular weight excluding hydrogens is 240 g/mol. The standard InChI is InChI=1S/C15H26N2O2/c1-7-15(5,6)16-11-12-9-8-10-17(12)13(18)19-14(2,3)4/h1,12,16H,8-11H2,2-6H3. The number of amides is 1. The van der Waals surface area contributed by atoms with E-state index in [4.69, 9.17) is 11.2 Å². The summed E-state index contributed by atoms with van der Waals surface area (Å²) >= 11 is 0. The fourth-order valence-electron chi connectivity index (χ4n) is 2.03. The lowest BCUT2D eigenvalue weighted by Crippen LogP contribution is -2.48. The summed E-state index contributed by atoms with van der Waals surface area (Å²) < 4.78 is 5.43. The summed E-state index contributed by atoms with van der Waals surface area (Å²) in [7, 11) is 0. The third-order valence-electron chi connectivity index (χ3n) is 3.15. The van der Waals surface area contributed by atoms with Gasteiger partial charge >= 0.3 is 6.09 Å². The highest BCUT2D eigenvalue weighted by Gasteiger charge is 2.32. The molecule has 0 radical (unpaired) electrons. The highest BCUT2D eigenvalue weighted by atomic mass is 16.6. The van der Waals surface area contributed by atoms with Gasteiger partial charge in [0.05, 0.1) is 5.54 Å². The third-order valence-corrected chi connectivity index (χ3v) is 3.15. The molecule has 1 saturated heterocycles. The highest BCUT2D eigenvalue weighted by Crippen LogP contribution is 2.20. The predicted octanol–water partition coefficient (Wildman–Crippen LogP) is 2.39. The molecule has 108 valence electrons. The van der Waals surface area contributed by atoms with Crippen molar-refractivity contribution >= 4 is 6.09 Å². The van der Waals surface area contributed by atoms with Crippen LogP contribution in [0.4, 0.5) is 4.79 Å². The Kier molecular flexibility index (Phi) is 4.86. The van der Waals surface area contributed by atoms with E-state index >= 15 is 0 Å². The predicted molar refractivity (Wildman–Crippen MR) is 76.9 cm³/mol. The summed E-state index contributed by atoms with van der Waals surface area (Å²) in [6.45, 7) is 11.0. The van der Waals surface area contributed by atoms with Crippen LogP contribution in [0.25, 0.3) is 0 Å². The smallest absolute Gasteiger partial charge is 0.410 e. The molecule has 4 nitrogen and oxygen atoms in total. The number of terminal acetylenes is 1. The molecule has 1 amide bonds. The lowest BCUT2D eigenvalue weighted by molar-refractivity contribution is 0.0223. The maximum atomic E-state index is 12.1. The van der Waals surface area contributed by atoms with E-state index in [0.717, 1.165) is 19.4 Å². The number of hydrogen-bond acceptors (Lipinski definition) is 3. The van der Waals surface area contributed by atoms with Gasteiger partial charge < -0.3 is 9.64 Å². The molecule has 4 heteroatoms. The van der Waals surface area contributed by atoms with Crippen LogP contribution < -0.4 is 5.32 Å². The van der Waals surface area contributed by atoms with Gasteiger partial charge in [0, 0.05) is 19.1 Å². The molecule has 1 rings (SSSR count). The fourth-order valence-corrected chi connectivity index (χ4v) is 2.03. The molecule has 0 aliphatic carbocycles. The van der Waals surface area contributed by atoms with Crippen LogP contribution in [-0.2, 0) is 4.74 Å². The van der Waals surface area contributed by atoms with Gasteiger partial charge in [0.2, 0.25) is 0 Å². The van der Waals surface area contributed by atoms with Crippen molar-refractivity contribution in [3.05, 3.63) is 0 Å². The van der Waals surface area contributed by atoms with E-state index < -0.39 is 5.60 Å². The molecule has 0 aromatic rings. The zero-order chi connectivity index (χ0) is 14.7. The quantitative estimate of drug-likeness (QED) is 0.797. The van der Waals surface area contributed by atoms with Gasteiger partial charge in [-0.1, -0.05) is 5.92 Å². The Bertz CT molecular complexity index is 363. The van der Waals surface area contributed by atoms with E-state index in [1.54, 1.807) is 0 Å². The van der Waals surface area contributed by atoms with Crippen LogP contribution in [0.15, 0.2) is 0 Å². The number of carbonyl (C=O) groups is 1. The summed E-state index contributed by atoms with van der Waals surface area (Å²) in [5.74, 6) is 2.70. The van der Waals surface area contributed by atoms with Crippen LogP contribution >= 0.6 is 0 Å². The number of hydrogen-bond donors (Lipinski definition) is 1. The Morgan fingerprint density at radius 3 is 2.58 bits per heavy atom. The van der Waals surface area contributed by atoms with Crippen LogP contribution in [0.3, 0.4) is 0 Å². The van der Waals surface area contributed by atoms with Crippen molar-refractivity contribution in [2.24, 2.45) is 0 Å². The first-order chi connectivity index (χ1) is 8.64. The second-order valence-electron chi connectivity index (χ2n) is 6.62. The Morgan fingerprint density at radius 1 is 1.42 bits per heavy atom. The summed E-state index contributed by atoms with van der Waals surface area (Å²) in [5, 5.41) is 3.31. The van der Waals surface area contributed by atoms with Crippen LogP contribution in [0, 0.1) is 12.3 Å². The zero-order valence-corrected chi connectivity index (χ0v) is 12.7. The number of nitrogens with zero attached hydrogens (tertiary/aromatic N) is 1. The second kappa shape index (κ2) is 5.83. The maximum absolute atomic E-state index is 12.1. The van der Waals surface area contributed by atoms with E-state index in [1.165, 1.54) is 0 Å². The van der Waals surface area contributed by atoms with Gasteiger partial charge in [-0.05, 0) is 47.5 Å². The van der Waals surface area contributed by atoms with Gasteiger partial charge in [0.1, 0.15) is 5.60 Å². The molecule has 19 heavy (non-hydrogen) atoms. The average Bonchev–Trinajstić information content (AvgIpc) is 2.72. The summed E-state index contributed by atoms with van der Waals surface area (Å²) in [4.78, 5) is 13.9. The zero-order valence-electron chi connectivity index (χ0n) is 12.7. The monoisotopic (exact) mass is 266 g/mol. The van der Waals surface area contributed by atoms with Gasteiger partial charge in [0.15, 0.2) is 0 Å². The Morgan fingerprint density at radius 2 is 2.05 bits per heavy atom. The molecule has 0 aromatic heterocycles. The van der Waals surface area contributed by atoms with Crippen molar-refractivity contribution in [2.45, 2.75) is 64.6 Å². The molecule has 1 fully saturated rings. The second-order valence-corrected chi connectivity index (χ2v) is 6.62. The average molecular weight is 266 g/mol. The summed E-state index contributed by atoms with van der Waals surface area (Å²) in [6.07, 6.45) is 7.23. The van der Waals surface area contributed by atoms with Gasteiger partial charge in [0.25, 0.3) is 0 Å². The fraction of sp³-hybridized carbons (Fsp3) is 0.800. The first kappa shape index (κ1) is 15.8. The Balaban J connectivity index is 2.55. The van der Waals surface area contributed by atoms with E-state index in [0.29, 0.717) is 6.54 Å². The molecule has 1 aliphatic rings. The minimum Gasteiger partial charge on any atom is -0.444 e. The Labute approximate surface area is 116 Å². The normalized spacial score (nSPS) is 20.2. The van der Waals surface area contributed by atoms with Crippen molar-refractivity contribution in [3.8, 4) is 12.3 Å². The molecular formula is C15H26N2O2. The van der Waals surface area contributed by atoms with Gasteiger partial charge in [-0.25, -0.2) is 4.79 Å². The molecule has 0 saturated carbocycles. The number of likely N-dealkylation sites (tertiary alicyclic amines) is 1. The van der Waals surface area contributed by atoms with Crippen molar-refractivity contribution in [3.63, 3.8) is 0 Å². The van der Waals surface area contributed by atoms with Gasteiger partial charge in [-0.2, -0.15) is 0 Å². The number of carbonyl (C=O) groups excluding carboxylic acids is 1. The van der Waals surface area contributed by atoms with Crippen LogP contribution in [0.5, 0.6) is 0 Å². The van der Waals surface area contributed by atoms with Crippen molar-refractivity contribution in [1.82, 2.24) is 10.2 Å². The maximum Gasteiger partial charge on any atom is 0.410 e. The van der Waals surface area contributed by atoms with Crippen LogP contribution in [0.2, 0.25) is 0 Å². The minimum atomic E-state index is -0.449. The van der Waals surface area contributed by atoms with Crippen molar-refractivity contribution < 1.29 is 9.53 Å². The van der Waals surface area contributed by atoms with E-state index in [-0.39, 0.29) is 17.7 Å². The summed E-state index contributed by atoms with van der Waals surface area (Å²) in [5.41, 5.74) is -0.794. The van der Waals surface area contributed by atoms with Crippen molar-refractivity contribution in [2.75, 3.05) is 13.1 Å². The molecule has 0 bridgehead atoms. The van der Waals surface area contributed by atoms with E-state index in [2.05, 4.69) is 11.2 Å². The van der Waals surface area contributed by atoms with E-state index in [1.807, 2.05) is 39.5 Å². The Hall–Kier alpha value is -1.21. The lowest BCUT2D eigenvalue weighted by Gasteiger charge is -2.30. The largest absolute Gasteiger partial charge is 0.444 e. The van der Waals surface area contributed by atoms with E-state index in [9.17, 15) is 4.79 Å². The highest BCUT2D eigenvalue weighted by molar-refractivity contribution is 5.69. The first-order valence-corrected chi connectivity index (χ1v) is 6.87. The first-order valence-electron chi connectivity index (χ1n) is 6.87. The summed E-state index contributed by atoms with van der Waals surface area (Å²) in [6, 6.07) is 0.169. The molecule has 0 aromatic carbocycles. The topological polar surface area (TPSA) is 41.6 Å². The SMILES string of the molecule is C#CC(C)(C)NCC1CCCN1C(=O)OC(C)(C)C. The molecule has 1 atom stereocenters. The number of rotatable bonds is 3. The van der Waals surface area contributed by atoms with Crippen LogP contribution in [0.1, 0.15) is 47.5 Å². The number of nitrogens with one attached hydrogen (secondary N) is 1. The molecule has 1 aliphatic heterocycles. The molecule has 0 spiro atoms.